The number of likely N-dealkylation sites (tertiary alicyclic amines) is 1. The number of amides is 1. The Hall–Kier alpha value is -0.570. The van der Waals surface area contributed by atoms with Gasteiger partial charge in [0.2, 0.25) is 5.91 Å². The largest absolute Gasteiger partial charge is 0.358 e. The maximum absolute atomic E-state index is 11.0. The second kappa shape index (κ2) is 8.72. The number of carbonyl (C=O) groups is 1. The fraction of sp³-hybridized carbons (Fsp3) is 0.917. The van der Waals surface area contributed by atoms with Crippen LogP contribution in [0.2, 0.25) is 0 Å². The number of piperidine rings is 1. The first-order valence-electron chi connectivity index (χ1n) is 6.06. The van der Waals surface area contributed by atoms with Gasteiger partial charge in [0.15, 0.2) is 0 Å². The molecule has 1 fully saturated rings. The zero-order valence-electron chi connectivity index (χ0n) is 10.7. The van der Waals surface area contributed by atoms with E-state index in [1.54, 1.807) is 7.05 Å². The van der Waals surface area contributed by atoms with Gasteiger partial charge in [-0.25, -0.2) is 0 Å². The van der Waals surface area contributed by atoms with E-state index in [0.717, 1.165) is 19.0 Å². The van der Waals surface area contributed by atoms with Gasteiger partial charge in [-0.3, -0.25) is 9.69 Å². The molecule has 0 spiro atoms. The Balaban J connectivity index is 0. The monoisotopic (exact) mass is 216 g/mol. The van der Waals surface area contributed by atoms with Crippen LogP contribution in [0.1, 0.15) is 41.5 Å². The summed E-state index contributed by atoms with van der Waals surface area (Å²) in [6, 6.07) is 0. The van der Waals surface area contributed by atoms with Crippen molar-refractivity contribution in [2.45, 2.75) is 40.0 Å². The Labute approximate surface area is 95.7 Å². The van der Waals surface area contributed by atoms with Crippen LogP contribution in [0.25, 0.3) is 0 Å². The number of nitrogens with zero attached hydrogens (tertiary/aromatic N) is 1. The standard InChI is InChI=1S/C9H18N2O.C3H8.H2/c1-8-3-5-11(6-4-8)7-9(12)10-2;1-3-2;/h8H,3-7H2,1-2H3,(H,10,12);3H2,1-2H3;1H. The number of carbonyl (C=O) groups excluding carboxylic acids is 1. The first kappa shape index (κ1) is 14.4. The van der Waals surface area contributed by atoms with Gasteiger partial charge in [0.1, 0.15) is 0 Å². The van der Waals surface area contributed by atoms with Crippen molar-refractivity contribution < 1.29 is 6.22 Å². The molecular weight excluding hydrogens is 188 g/mol. The normalized spacial score (nSPS) is 17.9. The highest BCUT2D eigenvalue weighted by molar-refractivity contribution is 5.77. The van der Waals surface area contributed by atoms with Crippen molar-refractivity contribution in [3.05, 3.63) is 0 Å². The molecule has 1 aliphatic rings. The molecule has 0 bridgehead atoms. The third-order valence-corrected chi connectivity index (χ3v) is 2.52. The molecule has 15 heavy (non-hydrogen) atoms. The highest BCUT2D eigenvalue weighted by atomic mass is 16.1. The lowest BCUT2D eigenvalue weighted by molar-refractivity contribution is -0.122. The van der Waals surface area contributed by atoms with Crippen LogP contribution in [0, 0.1) is 5.92 Å². The van der Waals surface area contributed by atoms with Crippen LogP contribution in [0.3, 0.4) is 0 Å². The van der Waals surface area contributed by atoms with E-state index in [1.807, 2.05) is 0 Å². The summed E-state index contributed by atoms with van der Waals surface area (Å²) < 4.78 is 0. The average molecular weight is 216 g/mol. The molecule has 0 aromatic heterocycles. The number of hydrogen-bond donors (Lipinski definition) is 1. The zero-order chi connectivity index (χ0) is 11.7. The quantitative estimate of drug-likeness (QED) is 0.767. The minimum atomic E-state index is 0. The summed E-state index contributed by atoms with van der Waals surface area (Å²) in [7, 11) is 1.69. The SMILES string of the molecule is CCC.CNC(=O)CN1CCC(C)CC1.[HH]. The van der Waals surface area contributed by atoms with E-state index in [2.05, 4.69) is 31.0 Å². The van der Waals surface area contributed by atoms with Gasteiger partial charge in [-0.1, -0.05) is 27.2 Å². The maximum Gasteiger partial charge on any atom is 0.233 e. The van der Waals surface area contributed by atoms with Gasteiger partial charge in [-0.15, -0.1) is 0 Å². The Bertz CT molecular complexity index is 168. The molecule has 0 radical (unpaired) electrons. The molecule has 0 aliphatic carbocycles. The van der Waals surface area contributed by atoms with E-state index in [0.29, 0.717) is 6.54 Å². The molecule has 1 saturated heterocycles. The predicted molar refractivity (Wildman–Crippen MR) is 67.0 cm³/mol. The highest BCUT2D eigenvalue weighted by Gasteiger charge is 2.16. The summed E-state index contributed by atoms with van der Waals surface area (Å²) in [6.45, 7) is 9.25. The van der Waals surface area contributed by atoms with Crippen LogP contribution in [-0.2, 0) is 4.79 Å². The van der Waals surface area contributed by atoms with Crippen LogP contribution < -0.4 is 5.32 Å². The van der Waals surface area contributed by atoms with Crippen molar-refractivity contribution in [1.29, 1.82) is 0 Å². The Kier molecular flexibility index (Phi) is 8.38. The number of rotatable bonds is 2. The molecule has 3 nitrogen and oxygen atoms in total. The van der Waals surface area contributed by atoms with Gasteiger partial charge < -0.3 is 5.32 Å². The summed E-state index contributed by atoms with van der Waals surface area (Å²) in [5.74, 6) is 0.968. The van der Waals surface area contributed by atoms with Gasteiger partial charge in [-0.2, -0.15) is 0 Å². The van der Waals surface area contributed by atoms with Crippen LogP contribution in [0.4, 0.5) is 0 Å². The predicted octanol–water partition coefficient (Wildman–Crippen LogP) is 2.13. The molecule has 0 unspecified atom stereocenters. The van der Waals surface area contributed by atoms with Crippen molar-refractivity contribution in [2.24, 2.45) is 5.92 Å². The van der Waals surface area contributed by atoms with Gasteiger partial charge in [0.05, 0.1) is 6.54 Å². The second-order valence-electron chi connectivity index (χ2n) is 4.34. The minimum absolute atomic E-state index is 0. The molecule has 1 aliphatic heterocycles. The topological polar surface area (TPSA) is 32.3 Å². The van der Waals surface area contributed by atoms with E-state index in [9.17, 15) is 4.79 Å². The zero-order valence-corrected chi connectivity index (χ0v) is 10.7. The number of nitrogens with one attached hydrogen (secondary N) is 1. The lowest BCUT2D eigenvalue weighted by Crippen LogP contribution is -2.40. The second-order valence-corrected chi connectivity index (χ2v) is 4.34. The smallest absolute Gasteiger partial charge is 0.233 e. The molecule has 1 rings (SSSR count). The van der Waals surface area contributed by atoms with E-state index in [-0.39, 0.29) is 7.33 Å². The van der Waals surface area contributed by atoms with Gasteiger partial charge in [0, 0.05) is 8.47 Å². The van der Waals surface area contributed by atoms with E-state index in [1.165, 1.54) is 19.3 Å². The number of likely N-dealkylation sites (N-methyl/N-ethyl adjacent to an activating group) is 1. The summed E-state index contributed by atoms with van der Waals surface area (Å²) in [6.07, 6.45) is 3.72. The first-order valence-corrected chi connectivity index (χ1v) is 6.06. The van der Waals surface area contributed by atoms with Crippen molar-refractivity contribution in [2.75, 3.05) is 26.7 Å². The summed E-state index contributed by atoms with van der Waals surface area (Å²) in [5, 5.41) is 2.64. The molecule has 92 valence electrons. The van der Waals surface area contributed by atoms with Gasteiger partial charge in [0.25, 0.3) is 0 Å². The van der Waals surface area contributed by atoms with E-state index < -0.39 is 0 Å². The summed E-state index contributed by atoms with van der Waals surface area (Å²) in [4.78, 5) is 13.2. The summed E-state index contributed by atoms with van der Waals surface area (Å²) in [5.41, 5.74) is 0. The minimum Gasteiger partial charge on any atom is -0.358 e. The van der Waals surface area contributed by atoms with Gasteiger partial charge in [-0.05, 0) is 31.8 Å². The molecule has 1 N–H and O–H groups in total. The third kappa shape index (κ3) is 7.37. The van der Waals surface area contributed by atoms with Crippen molar-refractivity contribution in [1.82, 2.24) is 10.2 Å². The molecule has 0 saturated carbocycles. The van der Waals surface area contributed by atoms with Crippen LogP contribution in [0.5, 0.6) is 0 Å². The fourth-order valence-electron chi connectivity index (χ4n) is 1.50. The Morgan fingerprint density at radius 1 is 1.40 bits per heavy atom. The highest BCUT2D eigenvalue weighted by Crippen LogP contribution is 2.15. The molecule has 3 heteroatoms. The third-order valence-electron chi connectivity index (χ3n) is 2.52. The van der Waals surface area contributed by atoms with Crippen LogP contribution >= 0.6 is 0 Å². The molecule has 0 aromatic carbocycles. The van der Waals surface area contributed by atoms with E-state index >= 15 is 0 Å². The lowest BCUT2D eigenvalue weighted by Gasteiger charge is -2.29. The van der Waals surface area contributed by atoms with Crippen molar-refractivity contribution >= 4 is 5.91 Å². The maximum atomic E-state index is 11.0. The van der Waals surface area contributed by atoms with Gasteiger partial charge >= 0.3 is 0 Å². The van der Waals surface area contributed by atoms with E-state index in [4.69, 9.17) is 0 Å². The molecule has 1 heterocycles. The molecule has 0 atom stereocenters. The molecule has 0 aromatic rings. The van der Waals surface area contributed by atoms with Crippen molar-refractivity contribution in [3.63, 3.8) is 0 Å². The molecule has 1 amide bonds. The van der Waals surface area contributed by atoms with Crippen LogP contribution in [-0.4, -0.2) is 37.5 Å². The number of hydrogen-bond acceptors (Lipinski definition) is 2. The Morgan fingerprint density at radius 3 is 2.27 bits per heavy atom. The van der Waals surface area contributed by atoms with Crippen LogP contribution in [0.15, 0.2) is 0 Å². The van der Waals surface area contributed by atoms with Crippen molar-refractivity contribution in [3.8, 4) is 0 Å². The Morgan fingerprint density at radius 2 is 1.87 bits per heavy atom. The summed E-state index contributed by atoms with van der Waals surface area (Å²) >= 11 is 0. The fourth-order valence-corrected chi connectivity index (χ4v) is 1.50. The lowest BCUT2D eigenvalue weighted by atomic mass is 9.99. The first-order chi connectivity index (χ1) is 7.13. The molecular formula is C12H28N2O. The average Bonchev–Trinajstić information content (AvgIpc) is 2.22.